The van der Waals surface area contributed by atoms with Crippen molar-refractivity contribution < 1.29 is 32.5 Å². The van der Waals surface area contributed by atoms with Crippen molar-refractivity contribution >= 4 is 27.9 Å². The van der Waals surface area contributed by atoms with Crippen LogP contribution < -0.4 is 0 Å². The molecule has 1 heterocycles. The monoisotopic (exact) mass is 313 g/mol. The molecule has 2 rings (SSSR count). The normalized spacial score (nSPS) is 16.0. The number of carbonyl (C=O) groups excluding carboxylic acids is 2. The standard InChI is InChI=1S/C12H11NO7S/c14-10(15)5-7(21(18,19)20)6-13-11(16)8-3-1-2-4-9(8)12(13)17/h1-4,7H,5-6H2,(H,14,15)(H,18,19,20). The number of aliphatic carboxylic acids is 1. The first-order valence-electron chi connectivity index (χ1n) is 5.85. The van der Waals surface area contributed by atoms with Gasteiger partial charge >= 0.3 is 5.97 Å². The summed E-state index contributed by atoms with van der Waals surface area (Å²) in [6.07, 6.45) is -0.910. The van der Waals surface area contributed by atoms with Crippen molar-refractivity contribution in [3.8, 4) is 0 Å². The fraction of sp³-hybridized carbons (Fsp3) is 0.250. The van der Waals surface area contributed by atoms with Crippen molar-refractivity contribution in [1.82, 2.24) is 4.90 Å². The summed E-state index contributed by atoms with van der Waals surface area (Å²) in [6, 6.07) is 5.92. The summed E-state index contributed by atoms with van der Waals surface area (Å²) in [5.74, 6) is -2.89. The van der Waals surface area contributed by atoms with Crippen LogP contribution in [0.5, 0.6) is 0 Å². The second-order valence-corrected chi connectivity index (χ2v) is 6.20. The van der Waals surface area contributed by atoms with Crippen LogP contribution in [0.3, 0.4) is 0 Å². The Hall–Kier alpha value is -2.26. The van der Waals surface area contributed by atoms with E-state index in [1.807, 2.05) is 0 Å². The molecular formula is C12H11NO7S. The number of carboxylic acids is 1. The van der Waals surface area contributed by atoms with Gasteiger partial charge in [-0.05, 0) is 12.1 Å². The van der Waals surface area contributed by atoms with Gasteiger partial charge in [-0.3, -0.25) is 23.8 Å². The summed E-state index contributed by atoms with van der Waals surface area (Å²) in [7, 11) is -4.71. The lowest BCUT2D eigenvalue weighted by molar-refractivity contribution is -0.137. The zero-order chi connectivity index (χ0) is 15.8. The average Bonchev–Trinajstić information content (AvgIpc) is 2.62. The molecule has 9 heteroatoms. The largest absolute Gasteiger partial charge is 0.481 e. The molecule has 1 aromatic rings. The van der Waals surface area contributed by atoms with Gasteiger partial charge in [0.2, 0.25) is 0 Å². The molecule has 0 spiro atoms. The van der Waals surface area contributed by atoms with Gasteiger partial charge in [0.25, 0.3) is 21.9 Å². The first-order valence-corrected chi connectivity index (χ1v) is 7.35. The molecule has 1 aliphatic rings. The third kappa shape index (κ3) is 2.93. The van der Waals surface area contributed by atoms with Crippen molar-refractivity contribution in [1.29, 1.82) is 0 Å². The highest BCUT2D eigenvalue weighted by atomic mass is 32.2. The van der Waals surface area contributed by atoms with Gasteiger partial charge in [-0.25, -0.2) is 0 Å². The topological polar surface area (TPSA) is 129 Å². The fourth-order valence-electron chi connectivity index (χ4n) is 2.07. The number of imide groups is 1. The summed E-state index contributed by atoms with van der Waals surface area (Å²) in [5.41, 5.74) is 0.235. The molecule has 1 aromatic carbocycles. The molecule has 1 atom stereocenters. The molecule has 0 bridgehead atoms. The summed E-state index contributed by atoms with van der Waals surface area (Å²) in [5, 5.41) is 6.90. The molecule has 0 radical (unpaired) electrons. The van der Waals surface area contributed by atoms with E-state index in [1.165, 1.54) is 12.1 Å². The Morgan fingerprint density at radius 2 is 1.62 bits per heavy atom. The second-order valence-electron chi connectivity index (χ2n) is 4.50. The van der Waals surface area contributed by atoms with E-state index in [4.69, 9.17) is 9.66 Å². The second kappa shape index (κ2) is 5.26. The maximum Gasteiger partial charge on any atom is 0.304 e. The number of hydrogen-bond acceptors (Lipinski definition) is 5. The van der Waals surface area contributed by atoms with E-state index in [0.717, 1.165) is 0 Å². The lowest BCUT2D eigenvalue weighted by Crippen LogP contribution is -2.41. The highest BCUT2D eigenvalue weighted by Crippen LogP contribution is 2.23. The van der Waals surface area contributed by atoms with Crippen LogP contribution >= 0.6 is 0 Å². The predicted molar refractivity (Wildman–Crippen MR) is 69.4 cm³/mol. The smallest absolute Gasteiger partial charge is 0.304 e. The van der Waals surface area contributed by atoms with Gasteiger partial charge in [0, 0.05) is 6.54 Å². The summed E-state index contributed by atoms with van der Waals surface area (Å²) in [4.78, 5) is 35.4. The molecule has 0 saturated carbocycles. The first kappa shape index (κ1) is 15.1. The summed E-state index contributed by atoms with van der Waals surface area (Å²) in [6.45, 7) is -0.711. The Morgan fingerprint density at radius 3 is 2.00 bits per heavy atom. The summed E-state index contributed by atoms with van der Waals surface area (Å²) >= 11 is 0. The molecule has 2 amide bonds. The Labute approximate surface area is 119 Å². The van der Waals surface area contributed by atoms with Crippen LogP contribution in [0.2, 0.25) is 0 Å². The summed E-state index contributed by atoms with van der Waals surface area (Å²) < 4.78 is 31.4. The molecule has 21 heavy (non-hydrogen) atoms. The van der Waals surface area contributed by atoms with Crippen molar-refractivity contribution in [3.05, 3.63) is 35.4 Å². The first-order chi connectivity index (χ1) is 9.71. The zero-order valence-corrected chi connectivity index (χ0v) is 11.4. The van der Waals surface area contributed by atoms with Gasteiger partial charge in [-0.1, -0.05) is 12.1 Å². The van der Waals surface area contributed by atoms with Crippen LogP contribution in [0.4, 0.5) is 0 Å². The minimum atomic E-state index is -4.71. The van der Waals surface area contributed by atoms with Crippen LogP contribution in [0.25, 0.3) is 0 Å². The molecule has 0 aliphatic carbocycles. The van der Waals surface area contributed by atoms with Crippen molar-refractivity contribution in [2.45, 2.75) is 11.7 Å². The van der Waals surface area contributed by atoms with E-state index in [-0.39, 0.29) is 11.1 Å². The Balaban J connectivity index is 2.30. The van der Waals surface area contributed by atoms with Crippen molar-refractivity contribution in [2.75, 3.05) is 6.54 Å². The maximum atomic E-state index is 12.0. The Morgan fingerprint density at radius 1 is 1.14 bits per heavy atom. The van der Waals surface area contributed by atoms with E-state index >= 15 is 0 Å². The Bertz CT molecular complexity index is 690. The van der Waals surface area contributed by atoms with Crippen LogP contribution in [0.1, 0.15) is 27.1 Å². The van der Waals surface area contributed by atoms with Crippen LogP contribution in [0, 0.1) is 0 Å². The molecule has 0 aromatic heterocycles. The molecule has 112 valence electrons. The molecule has 0 saturated heterocycles. The number of carboxylic acid groups (broad SMARTS) is 1. The number of nitrogens with zero attached hydrogens (tertiary/aromatic N) is 1. The lowest BCUT2D eigenvalue weighted by Gasteiger charge is -2.19. The zero-order valence-electron chi connectivity index (χ0n) is 10.6. The number of fused-ring (bicyclic) bond motifs is 1. The van der Waals surface area contributed by atoms with E-state index in [9.17, 15) is 22.8 Å². The number of carbonyl (C=O) groups is 3. The fourth-order valence-corrected chi connectivity index (χ4v) is 2.76. The molecule has 2 N–H and O–H groups in total. The molecular weight excluding hydrogens is 302 g/mol. The van der Waals surface area contributed by atoms with Gasteiger partial charge in [-0.2, -0.15) is 8.42 Å². The highest BCUT2D eigenvalue weighted by molar-refractivity contribution is 7.86. The molecule has 0 fully saturated rings. The third-order valence-corrected chi connectivity index (χ3v) is 4.25. The van der Waals surface area contributed by atoms with E-state index in [0.29, 0.717) is 4.90 Å². The Kier molecular flexibility index (Phi) is 3.79. The van der Waals surface area contributed by atoms with Crippen LogP contribution in [0.15, 0.2) is 24.3 Å². The number of amides is 2. The van der Waals surface area contributed by atoms with E-state index in [1.54, 1.807) is 12.1 Å². The number of benzene rings is 1. The van der Waals surface area contributed by atoms with Crippen LogP contribution in [-0.4, -0.2) is 52.6 Å². The minimum absolute atomic E-state index is 0.118. The molecule has 8 nitrogen and oxygen atoms in total. The number of hydrogen-bond donors (Lipinski definition) is 2. The van der Waals surface area contributed by atoms with E-state index in [2.05, 4.69) is 0 Å². The lowest BCUT2D eigenvalue weighted by atomic mass is 10.1. The van der Waals surface area contributed by atoms with Crippen molar-refractivity contribution in [3.63, 3.8) is 0 Å². The van der Waals surface area contributed by atoms with Gasteiger partial charge in [0.15, 0.2) is 0 Å². The number of rotatable bonds is 5. The minimum Gasteiger partial charge on any atom is -0.481 e. The highest BCUT2D eigenvalue weighted by Gasteiger charge is 2.39. The van der Waals surface area contributed by atoms with Crippen LogP contribution in [-0.2, 0) is 14.9 Å². The van der Waals surface area contributed by atoms with Gasteiger partial charge in [0.1, 0.15) is 5.25 Å². The van der Waals surface area contributed by atoms with Gasteiger partial charge < -0.3 is 5.11 Å². The van der Waals surface area contributed by atoms with Crippen molar-refractivity contribution in [2.24, 2.45) is 0 Å². The quantitative estimate of drug-likeness (QED) is 0.578. The van der Waals surface area contributed by atoms with E-state index < -0.39 is 46.1 Å². The van der Waals surface area contributed by atoms with Gasteiger partial charge in [0.05, 0.1) is 17.5 Å². The predicted octanol–water partition coefficient (Wildman–Crippen LogP) is 0.0137. The molecule has 1 unspecified atom stereocenters. The average molecular weight is 313 g/mol. The van der Waals surface area contributed by atoms with Gasteiger partial charge in [-0.15, -0.1) is 0 Å². The molecule has 1 aliphatic heterocycles. The maximum absolute atomic E-state index is 12.0. The SMILES string of the molecule is O=C(O)CC(CN1C(=O)c2ccccc2C1=O)S(=O)(=O)O. The third-order valence-electron chi connectivity index (χ3n) is 3.09.